The number of carbonyl (C=O) groups excluding carboxylic acids is 1. The highest BCUT2D eigenvalue weighted by Gasteiger charge is 2.45. The molecule has 39 heavy (non-hydrogen) atoms. The molecule has 2 aliphatic rings. The summed E-state index contributed by atoms with van der Waals surface area (Å²) in [6.07, 6.45) is 3.17. The first-order valence-corrected chi connectivity index (χ1v) is 13.7. The maximum atomic E-state index is 15.7. The number of ether oxygens (including phenoxy) is 4. The van der Waals surface area contributed by atoms with Crippen molar-refractivity contribution in [3.63, 3.8) is 0 Å². The lowest BCUT2D eigenvalue weighted by molar-refractivity contribution is -0.167. The minimum absolute atomic E-state index is 0.0446. The number of hydrogen-bond acceptors (Lipinski definition) is 7. The highest BCUT2D eigenvalue weighted by atomic mass is 19.1. The molecule has 2 aromatic carbocycles. The standard InChI is InChI=1S/C30H41FN2O6/c1-36-13-5-4-11-30(35,27-19-33(12-14-39-27)29(34)20-9-10-22(32)15-20)25-7-6-8-26(31)28(25)21-16-23(37-2)18-24(17-21)38-3/h6-8,16-18,20,22,27,35H,4-5,9-15,19,32H2,1-3H3/t20-,22+,27-,30-/m1/s1. The van der Waals surface area contributed by atoms with Crippen LogP contribution in [0.15, 0.2) is 36.4 Å². The molecule has 1 saturated carbocycles. The number of nitrogens with two attached hydrogens (primary N) is 1. The summed E-state index contributed by atoms with van der Waals surface area (Å²) in [7, 11) is 4.70. The van der Waals surface area contributed by atoms with E-state index in [1.807, 2.05) is 0 Å². The normalized spacial score (nSPS) is 22.9. The first-order valence-electron chi connectivity index (χ1n) is 13.7. The van der Waals surface area contributed by atoms with Gasteiger partial charge in [-0.3, -0.25) is 4.79 Å². The first-order chi connectivity index (χ1) is 18.8. The molecule has 0 radical (unpaired) electrons. The van der Waals surface area contributed by atoms with Gasteiger partial charge >= 0.3 is 0 Å². The van der Waals surface area contributed by atoms with E-state index in [0.717, 1.165) is 12.8 Å². The molecule has 0 aromatic heterocycles. The van der Waals surface area contributed by atoms with Crippen molar-refractivity contribution in [3.05, 3.63) is 47.8 Å². The van der Waals surface area contributed by atoms with Gasteiger partial charge in [0.2, 0.25) is 5.91 Å². The number of benzene rings is 2. The van der Waals surface area contributed by atoms with Crippen LogP contribution in [0.4, 0.5) is 4.39 Å². The van der Waals surface area contributed by atoms with Gasteiger partial charge in [-0.1, -0.05) is 12.1 Å². The van der Waals surface area contributed by atoms with Crippen molar-refractivity contribution in [2.45, 2.75) is 56.3 Å². The number of nitrogens with zero attached hydrogens (tertiary/aromatic N) is 1. The largest absolute Gasteiger partial charge is 0.497 e. The Morgan fingerprint density at radius 2 is 1.90 bits per heavy atom. The van der Waals surface area contributed by atoms with Crippen molar-refractivity contribution in [2.75, 3.05) is 47.6 Å². The maximum Gasteiger partial charge on any atom is 0.225 e. The van der Waals surface area contributed by atoms with Gasteiger partial charge in [0, 0.05) is 43.9 Å². The van der Waals surface area contributed by atoms with Crippen molar-refractivity contribution >= 4 is 5.91 Å². The van der Waals surface area contributed by atoms with E-state index in [2.05, 4.69) is 0 Å². The molecule has 0 bridgehead atoms. The van der Waals surface area contributed by atoms with Gasteiger partial charge in [-0.05, 0) is 67.9 Å². The van der Waals surface area contributed by atoms with Gasteiger partial charge in [0.1, 0.15) is 29.0 Å². The number of rotatable bonds is 11. The molecule has 1 amide bonds. The Morgan fingerprint density at radius 1 is 1.15 bits per heavy atom. The molecular formula is C30H41FN2O6. The van der Waals surface area contributed by atoms with Crippen molar-refractivity contribution < 1.29 is 33.2 Å². The van der Waals surface area contributed by atoms with Gasteiger partial charge in [0.15, 0.2) is 0 Å². The zero-order valence-electron chi connectivity index (χ0n) is 23.2. The Kier molecular flexibility index (Phi) is 9.82. The molecule has 0 unspecified atom stereocenters. The second kappa shape index (κ2) is 13.1. The van der Waals surface area contributed by atoms with Crippen LogP contribution in [0.3, 0.4) is 0 Å². The number of unbranched alkanes of at least 4 members (excludes halogenated alkanes) is 1. The van der Waals surface area contributed by atoms with E-state index >= 15 is 4.39 Å². The summed E-state index contributed by atoms with van der Waals surface area (Å²) < 4.78 is 37.9. The molecule has 9 heteroatoms. The summed E-state index contributed by atoms with van der Waals surface area (Å²) >= 11 is 0. The van der Waals surface area contributed by atoms with E-state index in [1.165, 1.54) is 20.3 Å². The van der Waals surface area contributed by atoms with Crippen LogP contribution in [0.25, 0.3) is 11.1 Å². The smallest absolute Gasteiger partial charge is 0.225 e. The molecule has 2 fully saturated rings. The molecule has 1 aliphatic carbocycles. The fourth-order valence-corrected chi connectivity index (χ4v) is 5.88. The summed E-state index contributed by atoms with van der Waals surface area (Å²) in [4.78, 5) is 15.1. The predicted molar refractivity (Wildman–Crippen MR) is 146 cm³/mol. The topological polar surface area (TPSA) is 103 Å². The van der Waals surface area contributed by atoms with E-state index in [1.54, 1.807) is 42.3 Å². The van der Waals surface area contributed by atoms with Crippen molar-refractivity contribution in [2.24, 2.45) is 11.7 Å². The molecule has 0 spiro atoms. The van der Waals surface area contributed by atoms with Gasteiger partial charge in [0.05, 0.1) is 27.4 Å². The summed E-state index contributed by atoms with van der Waals surface area (Å²) in [6.45, 7) is 1.48. The predicted octanol–water partition coefficient (Wildman–Crippen LogP) is 3.87. The summed E-state index contributed by atoms with van der Waals surface area (Å²) in [5.74, 6) is 0.463. The van der Waals surface area contributed by atoms with Gasteiger partial charge in [-0.2, -0.15) is 0 Å². The fourth-order valence-electron chi connectivity index (χ4n) is 5.88. The first kappa shape index (κ1) is 29.3. The molecule has 3 N–H and O–H groups in total. The zero-order chi connectivity index (χ0) is 28.0. The third kappa shape index (κ3) is 6.54. The monoisotopic (exact) mass is 544 g/mol. The molecule has 2 aromatic rings. The summed E-state index contributed by atoms with van der Waals surface area (Å²) in [5, 5.41) is 12.5. The molecular weight excluding hydrogens is 503 g/mol. The Morgan fingerprint density at radius 3 is 2.54 bits per heavy atom. The number of halogens is 1. The van der Waals surface area contributed by atoms with Crippen LogP contribution in [-0.2, 0) is 19.9 Å². The van der Waals surface area contributed by atoms with Crippen molar-refractivity contribution in [3.8, 4) is 22.6 Å². The molecule has 1 aliphatic heterocycles. The fraction of sp³-hybridized carbons (Fsp3) is 0.567. The number of carbonyl (C=O) groups is 1. The van der Waals surface area contributed by atoms with E-state index in [-0.39, 0.29) is 36.6 Å². The second-order valence-electron chi connectivity index (χ2n) is 10.6. The van der Waals surface area contributed by atoms with Gasteiger partial charge in [-0.25, -0.2) is 4.39 Å². The minimum atomic E-state index is -1.58. The molecule has 4 rings (SSSR count). The van der Waals surface area contributed by atoms with Crippen molar-refractivity contribution in [1.29, 1.82) is 0 Å². The highest BCUT2D eigenvalue weighted by molar-refractivity contribution is 5.79. The van der Waals surface area contributed by atoms with Crippen molar-refractivity contribution in [1.82, 2.24) is 4.90 Å². The SMILES string of the molecule is COCCCC[C@@](O)(c1cccc(F)c1-c1cc(OC)cc(OC)c1)[C@H]1CN(C(=O)[C@@H]2CC[C@H](N)C2)CCO1. The van der Waals surface area contributed by atoms with Crippen LogP contribution >= 0.6 is 0 Å². The lowest BCUT2D eigenvalue weighted by atomic mass is 9.78. The van der Waals surface area contributed by atoms with Crippen LogP contribution < -0.4 is 15.2 Å². The number of hydrogen-bond donors (Lipinski definition) is 2. The van der Waals surface area contributed by atoms with Gasteiger partial charge in [0.25, 0.3) is 0 Å². The van der Waals surface area contributed by atoms with Crippen LogP contribution in [0.2, 0.25) is 0 Å². The average molecular weight is 545 g/mol. The van der Waals surface area contributed by atoms with E-state index in [9.17, 15) is 9.90 Å². The Bertz CT molecular complexity index is 1110. The zero-order valence-corrected chi connectivity index (χ0v) is 23.2. The van der Waals surface area contributed by atoms with E-state index < -0.39 is 17.5 Å². The third-order valence-corrected chi connectivity index (χ3v) is 8.01. The third-order valence-electron chi connectivity index (χ3n) is 8.01. The Hall–Kier alpha value is -2.72. The number of amides is 1. The minimum Gasteiger partial charge on any atom is -0.497 e. The number of aliphatic hydroxyl groups is 1. The quantitative estimate of drug-likeness (QED) is 0.414. The Balaban J connectivity index is 1.73. The number of methoxy groups -OCH3 is 3. The summed E-state index contributed by atoms with van der Waals surface area (Å²) in [5.41, 5.74) is 5.66. The molecule has 8 nitrogen and oxygen atoms in total. The van der Waals surface area contributed by atoms with E-state index in [4.69, 9.17) is 24.7 Å². The molecule has 1 saturated heterocycles. The van der Waals surface area contributed by atoms with Gasteiger partial charge in [-0.15, -0.1) is 0 Å². The number of morpholine rings is 1. The second-order valence-corrected chi connectivity index (χ2v) is 10.6. The van der Waals surface area contributed by atoms with Crippen LogP contribution in [0.5, 0.6) is 11.5 Å². The van der Waals surface area contributed by atoms with Crippen LogP contribution in [-0.4, -0.2) is 75.7 Å². The van der Waals surface area contributed by atoms with Gasteiger partial charge < -0.3 is 34.7 Å². The molecule has 214 valence electrons. The molecule has 4 atom stereocenters. The summed E-state index contributed by atoms with van der Waals surface area (Å²) in [6, 6.07) is 9.90. The maximum absolute atomic E-state index is 15.7. The van der Waals surface area contributed by atoms with Crippen LogP contribution in [0, 0.1) is 11.7 Å². The lowest BCUT2D eigenvalue weighted by Gasteiger charge is -2.43. The Labute approximate surface area is 230 Å². The molecule has 1 heterocycles. The lowest BCUT2D eigenvalue weighted by Crippen LogP contribution is -2.55. The highest BCUT2D eigenvalue weighted by Crippen LogP contribution is 2.43. The van der Waals surface area contributed by atoms with Crippen LogP contribution in [0.1, 0.15) is 44.1 Å². The van der Waals surface area contributed by atoms with E-state index in [0.29, 0.717) is 61.5 Å². The average Bonchev–Trinajstić information content (AvgIpc) is 3.40.